The summed E-state index contributed by atoms with van der Waals surface area (Å²) in [6.45, 7) is -0.0684. The molecule has 4 nitrogen and oxygen atoms in total. The van der Waals surface area contributed by atoms with Crippen molar-refractivity contribution < 1.29 is 5.11 Å². The molecule has 0 amide bonds. The maximum atomic E-state index is 9.02. The lowest BCUT2D eigenvalue weighted by molar-refractivity contribution is 0.277. The SMILES string of the molecule is Cn1nnc(CO)c1-c1cccs1. The first-order valence-electron chi connectivity index (χ1n) is 3.86. The highest BCUT2D eigenvalue weighted by atomic mass is 32.1. The first-order chi connectivity index (χ1) is 6.33. The molecular formula is C8H9N3OS. The van der Waals surface area contributed by atoms with Crippen LogP contribution in [0.5, 0.6) is 0 Å². The Morgan fingerprint density at radius 1 is 1.62 bits per heavy atom. The molecule has 2 rings (SSSR count). The number of aromatic nitrogens is 3. The Kier molecular flexibility index (Phi) is 2.12. The van der Waals surface area contributed by atoms with Crippen molar-refractivity contribution >= 4 is 11.3 Å². The van der Waals surface area contributed by atoms with Gasteiger partial charge in [-0.05, 0) is 11.4 Å². The van der Waals surface area contributed by atoms with Crippen LogP contribution in [0.3, 0.4) is 0 Å². The average molecular weight is 195 g/mol. The maximum absolute atomic E-state index is 9.02. The molecule has 0 atom stereocenters. The predicted molar refractivity (Wildman–Crippen MR) is 50.2 cm³/mol. The van der Waals surface area contributed by atoms with E-state index in [9.17, 15) is 0 Å². The zero-order chi connectivity index (χ0) is 9.26. The third kappa shape index (κ3) is 1.36. The fourth-order valence-corrected chi connectivity index (χ4v) is 2.04. The third-order valence-corrected chi connectivity index (χ3v) is 2.68. The van der Waals surface area contributed by atoms with E-state index in [2.05, 4.69) is 10.3 Å². The molecule has 1 N–H and O–H groups in total. The van der Waals surface area contributed by atoms with Gasteiger partial charge in [-0.15, -0.1) is 16.4 Å². The first-order valence-corrected chi connectivity index (χ1v) is 4.74. The van der Waals surface area contributed by atoms with Crippen LogP contribution in [0.15, 0.2) is 17.5 Å². The van der Waals surface area contributed by atoms with Gasteiger partial charge in [-0.3, -0.25) is 0 Å². The molecule has 2 aromatic heterocycles. The van der Waals surface area contributed by atoms with E-state index in [0.29, 0.717) is 5.69 Å². The Morgan fingerprint density at radius 2 is 2.46 bits per heavy atom. The minimum atomic E-state index is -0.0684. The normalized spacial score (nSPS) is 10.6. The Balaban J connectivity index is 2.55. The van der Waals surface area contributed by atoms with Gasteiger partial charge in [0.15, 0.2) is 0 Å². The molecule has 0 saturated carbocycles. The minimum absolute atomic E-state index is 0.0684. The highest BCUT2D eigenvalue weighted by Crippen LogP contribution is 2.25. The number of aliphatic hydroxyl groups is 1. The number of rotatable bonds is 2. The van der Waals surface area contributed by atoms with E-state index in [-0.39, 0.29) is 6.61 Å². The lowest BCUT2D eigenvalue weighted by Gasteiger charge is -1.98. The molecule has 2 heterocycles. The van der Waals surface area contributed by atoms with E-state index in [1.807, 2.05) is 24.6 Å². The van der Waals surface area contributed by atoms with Gasteiger partial charge in [0.25, 0.3) is 0 Å². The van der Waals surface area contributed by atoms with Crippen LogP contribution in [0.25, 0.3) is 10.6 Å². The van der Waals surface area contributed by atoms with Gasteiger partial charge in [0.2, 0.25) is 0 Å². The predicted octanol–water partition coefficient (Wildman–Crippen LogP) is 1.04. The molecule has 0 saturated heterocycles. The number of thiophene rings is 1. The van der Waals surface area contributed by atoms with Crippen molar-refractivity contribution in [2.75, 3.05) is 0 Å². The number of hydrogen-bond donors (Lipinski definition) is 1. The molecule has 0 aliphatic heterocycles. The molecule has 0 aromatic carbocycles. The lowest BCUT2D eigenvalue weighted by Crippen LogP contribution is -1.93. The summed E-state index contributed by atoms with van der Waals surface area (Å²) < 4.78 is 1.68. The molecule has 13 heavy (non-hydrogen) atoms. The standard InChI is InChI=1S/C8H9N3OS/c1-11-8(6(5-12)9-10-11)7-3-2-4-13-7/h2-4,12H,5H2,1H3. The van der Waals surface area contributed by atoms with Gasteiger partial charge in [0.1, 0.15) is 11.4 Å². The number of hydrogen-bond acceptors (Lipinski definition) is 4. The zero-order valence-corrected chi connectivity index (χ0v) is 7.95. The Morgan fingerprint density at radius 3 is 3.08 bits per heavy atom. The average Bonchev–Trinajstić information content (AvgIpc) is 2.72. The monoisotopic (exact) mass is 195 g/mol. The number of aliphatic hydroxyl groups excluding tert-OH is 1. The topological polar surface area (TPSA) is 50.9 Å². The van der Waals surface area contributed by atoms with Crippen molar-refractivity contribution in [3.8, 4) is 10.6 Å². The molecule has 5 heteroatoms. The summed E-state index contributed by atoms with van der Waals surface area (Å²) >= 11 is 1.61. The van der Waals surface area contributed by atoms with Gasteiger partial charge in [0.05, 0.1) is 11.5 Å². The van der Waals surface area contributed by atoms with E-state index in [1.165, 1.54) is 0 Å². The summed E-state index contributed by atoms with van der Waals surface area (Å²) in [6, 6.07) is 3.96. The summed E-state index contributed by atoms with van der Waals surface area (Å²) in [4.78, 5) is 1.08. The Labute approximate surface area is 79.4 Å². The molecule has 2 aromatic rings. The molecule has 0 fully saturated rings. The largest absolute Gasteiger partial charge is 0.390 e. The number of nitrogens with zero attached hydrogens (tertiary/aromatic N) is 3. The van der Waals surface area contributed by atoms with Crippen LogP contribution in [-0.4, -0.2) is 20.1 Å². The van der Waals surface area contributed by atoms with Gasteiger partial charge < -0.3 is 5.11 Å². The Hall–Kier alpha value is -1.20. The second-order valence-corrected chi connectivity index (χ2v) is 3.59. The van der Waals surface area contributed by atoms with E-state index in [4.69, 9.17) is 5.11 Å². The molecule has 0 bridgehead atoms. The van der Waals surface area contributed by atoms with E-state index in [0.717, 1.165) is 10.6 Å². The van der Waals surface area contributed by atoms with Gasteiger partial charge in [-0.2, -0.15) is 0 Å². The summed E-state index contributed by atoms with van der Waals surface area (Å²) in [5.41, 5.74) is 1.53. The fourth-order valence-electron chi connectivity index (χ4n) is 1.22. The second-order valence-electron chi connectivity index (χ2n) is 2.64. The van der Waals surface area contributed by atoms with E-state index < -0.39 is 0 Å². The smallest absolute Gasteiger partial charge is 0.117 e. The van der Waals surface area contributed by atoms with Crippen molar-refractivity contribution in [2.45, 2.75) is 6.61 Å². The molecule has 68 valence electrons. The summed E-state index contributed by atoms with van der Waals surface area (Å²) in [5.74, 6) is 0. The van der Waals surface area contributed by atoms with Crippen molar-refractivity contribution in [3.63, 3.8) is 0 Å². The van der Waals surface area contributed by atoms with Crippen LogP contribution >= 0.6 is 11.3 Å². The molecule has 0 aliphatic rings. The van der Waals surface area contributed by atoms with Crippen LogP contribution in [0.2, 0.25) is 0 Å². The molecule has 0 spiro atoms. The van der Waals surface area contributed by atoms with E-state index >= 15 is 0 Å². The molecule has 0 unspecified atom stereocenters. The zero-order valence-electron chi connectivity index (χ0n) is 7.14. The first kappa shape index (κ1) is 8.40. The molecule has 0 aliphatic carbocycles. The summed E-state index contributed by atoms with van der Waals surface area (Å²) in [7, 11) is 1.82. The van der Waals surface area contributed by atoms with Crippen molar-refractivity contribution in [2.24, 2.45) is 7.05 Å². The molecular weight excluding hydrogens is 186 g/mol. The van der Waals surface area contributed by atoms with Crippen LogP contribution in [0.4, 0.5) is 0 Å². The minimum Gasteiger partial charge on any atom is -0.390 e. The highest BCUT2D eigenvalue weighted by molar-refractivity contribution is 7.13. The van der Waals surface area contributed by atoms with Crippen molar-refractivity contribution in [1.82, 2.24) is 15.0 Å². The number of aryl methyl sites for hydroxylation is 1. The van der Waals surface area contributed by atoms with Crippen molar-refractivity contribution in [3.05, 3.63) is 23.2 Å². The Bertz CT molecular complexity index is 393. The second kappa shape index (κ2) is 3.27. The van der Waals surface area contributed by atoms with Gasteiger partial charge in [-0.25, -0.2) is 4.68 Å². The van der Waals surface area contributed by atoms with Crippen LogP contribution < -0.4 is 0 Å². The van der Waals surface area contributed by atoms with Gasteiger partial charge in [-0.1, -0.05) is 11.3 Å². The van der Waals surface area contributed by atoms with Crippen LogP contribution in [0.1, 0.15) is 5.69 Å². The van der Waals surface area contributed by atoms with Crippen LogP contribution in [0, 0.1) is 0 Å². The summed E-state index contributed by atoms with van der Waals surface area (Å²) in [5, 5.41) is 18.7. The lowest BCUT2D eigenvalue weighted by atomic mass is 10.3. The fraction of sp³-hybridized carbons (Fsp3) is 0.250. The molecule has 0 radical (unpaired) electrons. The van der Waals surface area contributed by atoms with Gasteiger partial charge >= 0.3 is 0 Å². The third-order valence-electron chi connectivity index (χ3n) is 1.80. The van der Waals surface area contributed by atoms with Crippen molar-refractivity contribution in [1.29, 1.82) is 0 Å². The quantitative estimate of drug-likeness (QED) is 0.778. The maximum Gasteiger partial charge on any atom is 0.117 e. The highest BCUT2D eigenvalue weighted by Gasteiger charge is 2.11. The summed E-state index contributed by atoms with van der Waals surface area (Å²) in [6.07, 6.45) is 0. The van der Waals surface area contributed by atoms with Crippen LogP contribution in [-0.2, 0) is 13.7 Å². The van der Waals surface area contributed by atoms with E-state index in [1.54, 1.807) is 16.0 Å². The van der Waals surface area contributed by atoms with Gasteiger partial charge in [0, 0.05) is 7.05 Å².